The summed E-state index contributed by atoms with van der Waals surface area (Å²) in [5, 5.41) is 3.03. The molecule has 0 radical (unpaired) electrons. The van der Waals surface area contributed by atoms with E-state index in [-0.39, 0.29) is 10.7 Å². The Kier molecular flexibility index (Phi) is 5.19. The standard InChI is InChI=1S/C14H20BrNO/c1-5-12(15)14(17)16-13-10(4)7-6-8-11(13)9(2)3/h6-9,12H,5H2,1-4H3,(H,16,17). The molecule has 0 spiro atoms. The van der Waals surface area contributed by atoms with E-state index < -0.39 is 0 Å². The molecule has 17 heavy (non-hydrogen) atoms. The largest absolute Gasteiger partial charge is 0.325 e. The van der Waals surface area contributed by atoms with Crippen LogP contribution in [-0.2, 0) is 4.79 Å². The fourth-order valence-corrected chi connectivity index (χ4v) is 1.84. The molecule has 1 N–H and O–H groups in total. The molecule has 1 amide bonds. The van der Waals surface area contributed by atoms with Crippen LogP contribution in [0.15, 0.2) is 18.2 Å². The molecule has 0 saturated heterocycles. The van der Waals surface area contributed by atoms with Crippen LogP contribution in [0, 0.1) is 6.92 Å². The van der Waals surface area contributed by atoms with Crippen molar-refractivity contribution in [1.29, 1.82) is 0 Å². The number of hydrogen-bond donors (Lipinski definition) is 1. The number of rotatable bonds is 4. The van der Waals surface area contributed by atoms with Gasteiger partial charge in [-0.1, -0.05) is 54.9 Å². The second-order valence-corrected chi connectivity index (χ2v) is 5.66. The summed E-state index contributed by atoms with van der Waals surface area (Å²) in [5.41, 5.74) is 3.26. The quantitative estimate of drug-likeness (QED) is 0.828. The highest BCUT2D eigenvalue weighted by atomic mass is 79.9. The van der Waals surface area contributed by atoms with E-state index in [1.165, 1.54) is 5.56 Å². The van der Waals surface area contributed by atoms with E-state index in [0.29, 0.717) is 5.92 Å². The summed E-state index contributed by atoms with van der Waals surface area (Å²) in [6.07, 6.45) is 0.786. The van der Waals surface area contributed by atoms with Crippen LogP contribution in [0.4, 0.5) is 5.69 Å². The minimum absolute atomic E-state index is 0.0312. The van der Waals surface area contributed by atoms with Gasteiger partial charge in [-0.2, -0.15) is 0 Å². The van der Waals surface area contributed by atoms with Gasteiger partial charge in [-0.05, 0) is 30.4 Å². The third-order valence-corrected chi connectivity index (χ3v) is 3.88. The number of carbonyl (C=O) groups excluding carboxylic acids is 1. The van der Waals surface area contributed by atoms with Gasteiger partial charge in [-0.15, -0.1) is 0 Å². The molecule has 2 nitrogen and oxygen atoms in total. The summed E-state index contributed by atoms with van der Waals surface area (Å²) >= 11 is 3.37. The molecule has 1 rings (SSSR count). The van der Waals surface area contributed by atoms with Crippen molar-refractivity contribution in [3.8, 4) is 0 Å². The Morgan fingerprint density at radius 1 is 1.41 bits per heavy atom. The third kappa shape index (κ3) is 3.56. The summed E-state index contributed by atoms with van der Waals surface area (Å²) in [6.45, 7) is 8.28. The minimum Gasteiger partial charge on any atom is -0.325 e. The molecule has 1 unspecified atom stereocenters. The molecule has 0 heterocycles. The minimum atomic E-state index is -0.123. The van der Waals surface area contributed by atoms with Gasteiger partial charge < -0.3 is 5.32 Å². The van der Waals surface area contributed by atoms with Crippen LogP contribution in [0.3, 0.4) is 0 Å². The Hall–Kier alpha value is -0.830. The summed E-state index contributed by atoms with van der Waals surface area (Å²) in [5.74, 6) is 0.435. The van der Waals surface area contributed by atoms with Gasteiger partial charge in [0, 0.05) is 5.69 Å². The zero-order chi connectivity index (χ0) is 13.0. The predicted molar refractivity (Wildman–Crippen MR) is 76.9 cm³/mol. The van der Waals surface area contributed by atoms with E-state index in [0.717, 1.165) is 17.7 Å². The first-order valence-corrected chi connectivity index (χ1v) is 6.93. The summed E-state index contributed by atoms with van der Waals surface area (Å²) in [7, 11) is 0. The topological polar surface area (TPSA) is 29.1 Å². The van der Waals surface area contributed by atoms with E-state index in [4.69, 9.17) is 0 Å². The lowest BCUT2D eigenvalue weighted by atomic mass is 9.98. The number of anilines is 1. The predicted octanol–water partition coefficient (Wildman–Crippen LogP) is 4.23. The van der Waals surface area contributed by atoms with Crippen molar-refractivity contribution in [2.75, 3.05) is 5.32 Å². The van der Waals surface area contributed by atoms with Gasteiger partial charge in [0.2, 0.25) is 5.91 Å². The van der Waals surface area contributed by atoms with Gasteiger partial charge in [0.25, 0.3) is 0 Å². The van der Waals surface area contributed by atoms with Crippen LogP contribution >= 0.6 is 15.9 Å². The Labute approximate surface area is 112 Å². The summed E-state index contributed by atoms with van der Waals surface area (Å²) < 4.78 is 0. The number of nitrogens with one attached hydrogen (secondary N) is 1. The molecule has 0 aliphatic rings. The number of benzene rings is 1. The Balaban J connectivity index is 3.01. The lowest BCUT2D eigenvalue weighted by Gasteiger charge is -2.17. The van der Waals surface area contributed by atoms with Gasteiger partial charge in [-0.3, -0.25) is 4.79 Å². The number of alkyl halides is 1. The highest BCUT2D eigenvalue weighted by molar-refractivity contribution is 9.10. The monoisotopic (exact) mass is 297 g/mol. The Morgan fingerprint density at radius 2 is 2.06 bits per heavy atom. The van der Waals surface area contributed by atoms with E-state index in [2.05, 4.69) is 41.2 Å². The van der Waals surface area contributed by atoms with Crippen molar-refractivity contribution in [3.63, 3.8) is 0 Å². The molecular formula is C14H20BrNO. The van der Waals surface area contributed by atoms with Gasteiger partial charge in [0.05, 0.1) is 4.83 Å². The molecule has 1 aromatic rings. The van der Waals surface area contributed by atoms with E-state index in [9.17, 15) is 4.79 Å². The molecule has 1 atom stereocenters. The first-order chi connectivity index (χ1) is 7.97. The first-order valence-electron chi connectivity index (χ1n) is 6.01. The maximum absolute atomic E-state index is 11.9. The van der Waals surface area contributed by atoms with E-state index in [1.54, 1.807) is 0 Å². The van der Waals surface area contributed by atoms with Crippen molar-refractivity contribution >= 4 is 27.5 Å². The van der Waals surface area contributed by atoms with Gasteiger partial charge in [0.15, 0.2) is 0 Å². The van der Waals surface area contributed by atoms with Crippen LogP contribution in [0.2, 0.25) is 0 Å². The Bertz CT molecular complexity index is 401. The van der Waals surface area contributed by atoms with E-state index in [1.807, 2.05) is 26.0 Å². The second kappa shape index (κ2) is 6.20. The number of halogens is 1. The zero-order valence-corrected chi connectivity index (χ0v) is 12.5. The van der Waals surface area contributed by atoms with Crippen molar-refractivity contribution in [1.82, 2.24) is 0 Å². The van der Waals surface area contributed by atoms with Crippen LogP contribution in [0.25, 0.3) is 0 Å². The highest BCUT2D eigenvalue weighted by Gasteiger charge is 2.16. The fourth-order valence-electron chi connectivity index (χ4n) is 1.73. The molecule has 0 aromatic heterocycles. The van der Waals surface area contributed by atoms with Crippen LogP contribution < -0.4 is 5.32 Å². The van der Waals surface area contributed by atoms with Crippen LogP contribution in [0.5, 0.6) is 0 Å². The summed E-state index contributed by atoms with van der Waals surface area (Å²) in [4.78, 5) is 11.8. The number of para-hydroxylation sites is 1. The van der Waals surface area contributed by atoms with E-state index >= 15 is 0 Å². The molecule has 0 aliphatic heterocycles. The molecule has 0 saturated carbocycles. The maximum Gasteiger partial charge on any atom is 0.238 e. The normalized spacial score (nSPS) is 12.6. The van der Waals surface area contributed by atoms with Crippen molar-refractivity contribution in [2.45, 2.75) is 44.9 Å². The van der Waals surface area contributed by atoms with Gasteiger partial charge in [0.1, 0.15) is 0 Å². The first kappa shape index (κ1) is 14.2. The average molecular weight is 298 g/mol. The second-order valence-electron chi connectivity index (χ2n) is 4.56. The molecule has 94 valence electrons. The van der Waals surface area contributed by atoms with Crippen LogP contribution in [0.1, 0.15) is 44.2 Å². The van der Waals surface area contributed by atoms with Crippen LogP contribution in [-0.4, -0.2) is 10.7 Å². The molecule has 3 heteroatoms. The summed E-state index contributed by atoms with van der Waals surface area (Å²) in [6, 6.07) is 6.13. The average Bonchev–Trinajstić information content (AvgIpc) is 2.30. The fraction of sp³-hybridized carbons (Fsp3) is 0.500. The number of aryl methyl sites for hydroxylation is 1. The Morgan fingerprint density at radius 3 is 2.59 bits per heavy atom. The number of amides is 1. The highest BCUT2D eigenvalue weighted by Crippen LogP contribution is 2.27. The van der Waals surface area contributed by atoms with Gasteiger partial charge >= 0.3 is 0 Å². The van der Waals surface area contributed by atoms with Crippen molar-refractivity contribution < 1.29 is 4.79 Å². The smallest absolute Gasteiger partial charge is 0.238 e. The number of hydrogen-bond acceptors (Lipinski definition) is 1. The lowest BCUT2D eigenvalue weighted by Crippen LogP contribution is -2.23. The van der Waals surface area contributed by atoms with Crippen molar-refractivity contribution in [2.24, 2.45) is 0 Å². The van der Waals surface area contributed by atoms with Gasteiger partial charge in [-0.25, -0.2) is 0 Å². The molecule has 0 fully saturated rings. The molecule has 0 aliphatic carbocycles. The zero-order valence-electron chi connectivity index (χ0n) is 10.9. The van der Waals surface area contributed by atoms with Crippen molar-refractivity contribution in [3.05, 3.63) is 29.3 Å². The lowest BCUT2D eigenvalue weighted by molar-refractivity contribution is -0.115. The molecule has 1 aromatic carbocycles. The maximum atomic E-state index is 11.9. The molecular weight excluding hydrogens is 278 g/mol. The third-order valence-electron chi connectivity index (χ3n) is 2.82. The number of carbonyl (C=O) groups is 1. The SMILES string of the molecule is CCC(Br)C(=O)Nc1c(C)cccc1C(C)C. The molecule has 0 bridgehead atoms.